The number of methoxy groups -OCH3 is 1. The highest BCUT2D eigenvalue weighted by Crippen LogP contribution is 2.45. The van der Waals surface area contributed by atoms with Gasteiger partial charge in [0.15, 0.2) is 11.6 Å². The summed E-state index contributed by atoms with van der Waals surface area (Å²) >= 11 is 0. The van der Waals surface area contributed by atoms with E-state index in [0.717, 1.165) is 0 Å². The number of hydrogen-bond acceptors (Lipinski definition) is 7. The van der Waals surface area contributed by atoms with Crippen LogP contribution in [0.2, 0.25) is 0 Å². The predicted octanol–water partition coefficient (Wildman–Crippen LogP) is 3.13. The van der Waals surface area contributed by atoms with E-state index in [1.165, 1.54) is 41.3 Å². The maximum Gasteiger partial charge on any atom is 0.252 e. The quantitative estimate of drug-likeness (QED) is 0.578. The molecule has 0 spiro atoms. The first-order valence-corrected chi connectivity index (χ1v) is 9.17. The number of fused-ring (bicyclic) bond motifs is 1. The molecule has 8 nitrogen and oxygen atoms in total. The van der Waals surface area contributed by atoms with Gasteiger partial charge in [-0.3, -0.25) is 9.78 Å². The van der Waals surface area contributed by atoms with Crippen molar-refractivity contribution in [1.82, 2.24) is 4.98 Å². The fraction of sp³-hybridized carbons (Fsp3) is 0.238. The molecule has 1 heterocycles. The number of ether oxygens (including phenoxy) is 2. The summed E-state index contributed by atoms with van der Waals surface area (Å²) < 4.78 is 41.5. The van der Waals surface area contributed by atoms with Crippen molar-refractivity contribution >= 4 is 33.9 Å². The van der Waals surface area contributed by atoms with Gasteiger partial charge in [0.25, 0.3) is 5.91 Å². The van der Waals surface area contributed by atoms with Crippen LogP contribution in [0.1, 0.15) is 10.4 Å². The number of carbonyl (C=O) groups excluding carboxylic acids is 1. The first kappa shape index (κ1) is 21.9. The topological polar surface area (TPSA) is 107 Å². The van der Waals surface area contributed by atoms with Gasteiger partial charge in [-0.05, 0) is 12.1 Å². The van der Waals surface area contributed by atoms with Crippen molar-refractivity contribution in [2.24, 2.45) is 5.73 Å². The molecular weight excluding hydrogens is 408 g/mol. The van der Waals surface area contributed by atoms with E-state index in [1.807, 2.05) is 0 Å². The van der Waals surface area contributed by atoms with Gasteiger partial charge in [-0.25, -0.2) is 8.78 Å². The number of hydrogen-bond donors (Lipinski definition) is 2. The van der Waals surface area contributed by atoms with Crippen LogP contribution in [0.5, 0.6) is 17.2 Å². The molecule has 3 rings (SSSR count). The van der Waals surface area contributed by atoms with Gasteiger partial charge in [-0.2, -0.15) is 0 Å². The fourth-order valence-corrected chi connectivity index (χ4v) is 3.33. The molecular formula is C21H23F2N5O3. The second-order valence-electron chi connectivity index (χ2n) is 7.20. The molecule has 4 N–H and O–H groups in total. The zero-order valence-corrected chi connectivity index (χ0v) is 17.8. The van der Waals surface area contributed by atoms with E-state index in [4.69, 9.17) is 20.9 Å². The molecule has 0 fully saturated rings. The number of rotatable bonds is 6. The minimum atomic E-state index is -0.959. The van der Waals surface area contributed by atoms with E-state index >= 15 is 8.78 Å². The van der Waals surface area contributed by atoms with E-state index in [0.29, 0.717) is 10.9 Å². The molecule has 0 aliphatic heterocycles. The van der Waals surface area contributed by atoms with Gasteiger partial charge in [0.05, 0.1) is 23.9 Å². The minimum absolute atomic E-state index is 0.0158. The molecule has 2 aromatic carbocycles. The SMILES string of the molecule is COc1cc2nccc(Oc3c(F)c(N(C)C)c(N)c(N(C)C)c3F)c2cc1C(N)=O. The molecule has 0 saturated carbocycles. The summed E-state index contributed by atoms with van der Waals surface area (Å²) in [6.07, 6.45) is 1.41. The van der Waals surface area contributed by atoms with Crippen molar-refractivity contribution < 1.29 is 23.0 Å². The number of nitrogens with zero attached hydrogens (tertiary/aromatic N) is 3. The maximum absolute atomic E-state index is 15.3. The molecule has 0 aliphatic carbocycles. The Balaban J connectivity index is 2.28. The summed E-state index contributed by atoms with van der Waals surface area (Å²) in [5.74, 6) is -2.99. The van der Waals surface area contributed by atoms with Gasteiger partial charge < -0.3 is 30.7 Å². The number of benzene rings is 2. The molecule has 0 bridgehead atoms. The van der Waals surface area contributed by atoms with Crippen LogP contribution in [0.15, 0.2) is 24.4 Å². The highest BCUT2D eigenvalue weighted by Gasteiger charge is 2.28. The summed E-state index contributed by atoms with van der Waals surface area (Å²) in [6.45, 7) is 0. The van der Waals surface area contributed by atoms with E-state index in [-0.39, 0.29) is 34.1 Å². The molecule has 0 aliphatic rings. The summed E-state index contributed by atoms with van der Waals surface area (Å²) in [5, 5.41) is 0.325. The van der Waals surface area contributed by atoms with Crippen LogP contribution in [-0.2, 0) is 0 Å². The maximum atomic E-state index is 15.3. The second-order valence-corrected chi connectivity index (χ2v) is 7.20. The molecule has 10 heteroatoms. The fourth-order valence-electron chi connectivity index (χ4n) is 3.33. The lowest BCUT2D eigenvalue weighted by Gasteiger charge is -2.25. The zero-order valence-electron chi connectivity index (χ0n) is 17.8. The van der Waals surface area contributed by atoms with Crippen LogP contribution in [0, 0.1) is 11.6 Å². The number of carbonyl (C=O) groups is 1. The van der Waals surface area contributed by atoms with Crippen molar-refractivity contribution in [1.29, 1.82) is 0 Å². The van der Waals surface area contributed by atoms with Gasteiger partial charge in [0.1, 0.15) is 22.9 Å². The number of anilines is 3. The average molecular weight is 431 g/mol. The lowest BCUT2D eigenvalue weighted by atomic mass is 10.1. The number of nitrogens with two attached hydrogens (primary N) is 2. The van der Waals surface area contributed by atoms with Crippen LogP contribution < -0.4 is 30.7 Å². The number of pyridine rings is 1. The molecule has 164 valence electrons. The molecule has 3 aromatic rings. The Labute approximate surface area is 177 Å². The lowest BCUT2D eigenvalue weighted by Crippen LogP contribution is -2.20. The summed E-state index contributed by atoms with van der Waals surface area (Å²) in [7, 11) is 7.73. The van der Waals surface area contributed by atoms with Crippen LogP contribution >= 0.6 is 0 Å². The predicted molar refractivity (Wildman–Crippen MR) is 116 cm³/mol. The van der Waals surface area contributed by atoms with Gasteiger partial charge >= 0.3 is 0 Å². The summed E-state index contributed by atoms with van der Waals surface area (Å²) in [6, 6.07) is 4.33. The molecule has 1 amide bonds. The van der Waals surface area contributed by atoms with E-state index in [1.54, 1.807) is 28.2 Å². The summed E-state index contributed by atoms with van der Waals surface area (Å²) in [4.78, 5) is 18.9. The van der Waals surface area contributed by atoms with Crippen molar-refractivity contribution in [3.05, 3.63) is 41.6 Å². The zero-order chi connectivity index (χ0) is 23.0. The number of nitrogen functional groups attached to an aromatic ring is 1. The number of amides is 1. The Morgan fingerprint density at radius 3 is 2.10 bits per heavy atom. The van der Waals surface area contributed by atoms with Crippen molar-refractivity contribution in [3.8, 4) is 17.2 Å². The van der Waals surface area contributed by atoms with Gasteiger partial charge in [0.2, 0.25) is 5.75 Å². The molecule has 0 radical (unpaired) electrons. The van der Waals surface area contributed by atoms with E-state index in [2.05, 4.69) is 4.98 Å². The van der Waals surface area contributed by atoms with Gasteiger partial charge in [-0.15, -0.1) is 0 Å². The van der Waals surface area contributed by atoms with Gasteiger partial charge in [0, 0.05) is 45.8 Å². The smallest absolute Gasteiger partial charge is 0.252 e. The average Bonchev–Trinajstić information content (AvgIpc) is 2.69. The monoisotopic (exact) mass is 431 g/mol. The Morgan fingerprint density at radius 1 is 1.03 bits per heavy atom. The van der Waals surface area contributed by atoms with Crippen molar-refractivity contribution in [3.63, 3.8) is 0 Å². The Hall–Kier alpha value is -3.82. The normalized spacial score (nSPS) is 10.8. The minimum Gasteiger partial charge on any atom is -0.496 e. The first-order valence-electron chi connectivity index (χ1n) is 9.17. The lowest BCUT2D eigenvalue weighted by molar-refractivity contribution is 0.0997. The third-order valence-corrected chi connectivity index (χ3v) is 4.72. The third kappa shape index (κ3) is 3.72. The van der Waals surface area contributed by atoms with Crippen LogP contribution in [-0.4, -0.2) is 46.2 Å². The second kappa shape index (κ2) is 8.13. The number of aromatic nitrogens is 1. The Morgan fingerprint density at radius 2 is 1.61 bits per heavy atom. The molecule has 1 aromatic heterocycles. The number of halogens is 2. The molecule has 0 saturated heterocycles. The highest BCUT2D eigenvalue weighted by molar-refractivity contribution is 6.01. The first-order chi connectivity index (χ1) is 14.6. The Kier molecular flexibility index (Phi) is 5.74. The van der Waals surface area contributed by atoms with Crippen LogP contribution in [0.3, 0.4) is 0 Å². The van der Waals surface area contributed by atoms with Crippen LogP contribution in [0.25, 0.3) is 10.9 Å². The largest absolute Gasteiger partial charge is 0.496 e. The van der Waals surface area contributed by atoms with Crippen LogP contribution in [0.4, 0.5) is 25.8 Å². The standard InChI is InChI=1S/C21H23F2N5O3/c1-27(2)18-15(22)20(16(23)19(17(18)24)28(3)4)31-13-6-7-26-12-9-14(30-5)11(21(25)29)8-10(12)13/h6-9H,24H2,1-5H3,(H2,25,29). The molecule has 0 atom stereocenters. The molecule has 0 unspecified atom stereocenters. The Bertz CT molecular complexity index is 1150. The molecule has 31 heavy (non-hydrogen) atoms. The van der Waals surface area contributed by atoms with E-state index < -0.39 is 23.3 Å². The van der Waals surface area contributed by atoms with Crippen molar-refractivity contribution in [2.75, 3.05) is 50.8 Å². The van der Waals surface area contributed by atoms with E-state index in [9.17, 15) is 4.79 Å². The third-order valence-electron chi connectivity index (χ3n) is 4.72. The summed E-state index contributed by atoms with van der Waals surface area (Å²) in [5.41, 5.74) is 11.8. The highest BCUT2D eigenvalue weighted by atomic mass is 19.1. The van der Waals surface area contributed by atoms with Crippen molar-refractivity contribution in [2.45, 2.75) is 0 Å². The number of primary amides is 1. The van der Waals surface area contributed by atoms with Gasteiger partial charge in [-0.1, -0.05) is 0 Å².